The van der Waals surface area contributed by atoms with Crippen LogP contribution < -0.4 is 4.72 Å². The number of halogens is 5. The molecule has 0 unspecified atom stereocenters. The van der Waals surface area contributed by atoms with Crippen LogP contribution in [-0.2, 0) is 16.2 Å². The van der Waals surface area contributed by atoms with E-state index in [1.54, 1.807) is 19.1 Å². The molecule has 0 heterocycles. The maximum Gasteiger partial charge on any atom is 0.416 e. The molecule has 0 aliphatic carbocycles. The van der Waals surface area contributed by atoms with Crippen molar-refractivity contribution in [3.8, 4) is 0 Å². The molecule has 0 fully saturated rings. The third-order valence-electron chi connectivity index (χ3n) is 2.94. The van der Waals surface area contributed by atoms with Crippen LogP contribution in [0.5, 0.6) is 0 Å². The molecule has 0 aromatic heterocycles. The minimum Gasteiger partial charge on any atom is -0.277 e. The van der Waals surface area contributed by atoms with Gasteiger partial charge in [0.1, 0.15) is 0 Å². The highest BCUT2D eigenvalue weighted by atomic mass is 35.5. The van der Waals surface area contributed by atoms with Crippen LogP contribution in [0.4, 0.5) is 18.9 Å². The van der Waals surface area contributed by atoms with Gasteiger partial charge in [-0.3, -0.25) is 4.72 Å². The lowest BCUT2D eigenvalue weighted by atomic mass is 10.2. The lowest BCUT2D eigenvalue weighted by Gasteiger charge is -2.14. The first-order valence-corrected chi connectivity index (χ1v) is 8.40. The Morgan fingerprint density at radius 2 is 1.48 bits per heavy atom. The third kappa shape index (κ3) is 4.10. The normalized spacial score (nSPS) is 12.3. The van der Waals surface area contributed by atoms with Crippen LogP contribution in [-0.4, -0.2) is 8.42 Å². The zero-order chi connectivity index (χ0) is 17.4. The van der Waals surface area contributed by atoms with Crippen LogP contribution in [0.25, 0.3) is 0 Å². The fourth-order valence-corrected chi connectivity index (χ4v) is 3.54. The molecule has 1 N–H and O–H groups in total. The summed E-state index contributed by atoms with van der Waals surface area (Å²) in [4.78, 5) is -0.0601. The second-order valence-electron chi connectivity index (χ2n) is 4.73. The average Bonchev–Trinajstić information content (AvgIpc) is 2.42. The summed E-state index contributed by atoms with van der Waals surface area (Å²) >= 11 is 11.5. The Bertz CT molecular complexity index is 811. The number of alkyl halides is 3. The monoisotopic (exact) mass is 383 g/mol. The molecule has 0 spiro atoms. The maximum atomic E-state index is 12.7. The van der Waals surface area contributed by atoms with Gasteiger partial charge in [0.15, 0.2) is 0 Å². The minimum absolute atomic E-state index is 0.0601. The summed E-state index contributed by atoms with van der Waals surface area (Å²) in [5.74, 6) is 0. The summed E-state index contributed by atoms with van der Waals surface area (Å²) in [7, 11) is -4.02. The summed E-state index contributed by atoms with van der Waals surface area (Å²) < 4.78 is 64.6. The lowest BCUT2D eigenvalue weighted by Crippen LogP contribution is -2.14. The maximum absolute atomic E-state index is 12.7. The van der Waals surface area contributed by atoms with E-state index in [9.17, 15) is 21.6 Å². The van der Waals surface area contributed by atoms with Crippen molar-refractivity contribution in [2.75, 3.05) is 4.72 Å². The number of aryl methyl sites for hydroxylation is 1. The molecule has 9 heteroatoms. The highest BCUT2D eigenvalue weighted by Gasteiger charge is 2.32. The van der Waals surface area contributed by atoms with E-state index in [2.05, 4.69) is 4.72 Å². The number of rotatable bonds is 3. The van der Waals surface area contributed by atoms with Gasteiger partial charge in [0.25, 0.3) is 10.0 Å². The second kappa shape index (κ2) is 6.22. The minimum atomic E-state index is -4.64. The van der Waals surface area contributed by atoms with E-state index in [4.69, 9.17) is 23.2 Å². The summed E-state index contributed by atoms with van der Waals surface area (Å²) in [6, 6.07) is 7.13. The Morgan fingerprint density at radius 3 is 1.91 bits per heavy atom. The number of hydrogen-bond acceptors (Lipinski definition) is 2. The van der Waals surface area contributed by atoms with Crippen molar-refractivity contribution in [3.63, 3.8) is 0 Å². The van der Waals surface area contributed by atoms with Crippen molar-refractivity contribution in [3.05, 3.63) is 57.6 Å². The van der Waals surface area contributed by atoms with Crippen LogP contribution in [0.1, 0.15) is 11.1 Å². The first kappa shape index (κ1) is 17.9. The SMILES string of the molecule is Cc1ccc(S(=O)(=O)Nc2c(Cl)cc(C(F)(F)F)cc2Cl)cc1. The Balaban J connectivity index is 2.42. The van der Waals surface area contributed by atoms with Gasteiger partial charge in [-0.1, -0.05) is 40.9 Å². The zero-order valence-electron chi connectivity index (χ0n) is 11.6. The van der Waals surface area contributed by atoms with Gasteiger partial charge < -0.3 is 0 Å². The predicted molar refractivity (Wildman–Crippen MR) is 83.5 cm³/mol. The fraction of sp³-hybridized carbons (Fsp3) is 0.143. The molecule has 0 saturated heterocycles. The van der Waals surface area contributed by atoms with Crippen molar-refractivity contribution in [1.29, 1.82) is 0 Å². The first-order valence-electron chi connectivity index (χ1n) is 6.16. The van der Waals surface area contributed by atoms with Crippen LogP contribution in [0, 0.1) is 6.92 Å². The van der Waals surface area contributed by atoms with E-state index >= 15 is 0 Å². The predicted octanol–water partition coefficient (Wildman–Crippen LogP) is 5.12. The van der Waals surface area contributed by atoms with E-state index in [-0.39, 0.29) is 10.6 Å². The van der Waals surface area contributed by atoms with Crippen LogP contribution in [0.2, 0.25) is 10.0 Å². The van der Waals surface area contributed by atoms with E-state index in [0.717, 1.165) is 5.56 Å². The Morgan fingerprint density at radius 1 is 1.00 bits per heavy atom. The van der Waals surface area contributed by atoms with E-state index in [1.807, 2.05) is 0 Å². The van der Waals surface area contributed by atoms with Gasteiger partial charge in [0, 0.05) is 0 Å². The van der Waals surface area contributed by atoms with Gasteiger partial charge in [0.05, 0.1) is 26.2 Å². The van der Waals surface area contributed by atoms with Gasteiger partial charge in [0.2, 0.25) is 0 Å². The van der Waals surface area contributed by atoms with Gasteiger partial charge in [-0.05, 0) is 31.2 Å². The molecule has 124 valence electrons. The Hall–Kier alpha value is -1.44. The molecule has 0 saturated carbocycles. The topological polar surface area (TPSA) is 46.2 Å². The van der Waals surface area contributed by atoms with Crippen molar-refractivity contribution in [1.82, 2.24) is 0 Å². The van der Waals surface area contributed by atoms with Crippen molar-refractivity contribution < 1.29 is 21.6 Å². The largest absolute Gasteiger partial charge is 0.416 e. The number of benzene rings is 2. The van der Waals surface area contributed by atoms with Gasteiger partial charge >= 0.3 is 6.18 Å². The number of anilines is 1. The molecular weight excluding hydrogens is 374 g/mol. The number of sulfonamides is 1. The molecule has 2 aromatic carbocycles. The molecule has 0 atom stereocenters. The summed E-state index contributed by atoms with van der Waals surface area (Å²) in [6.45, 7) is 1.79. The number of nitrogens with one attached hydrogen (secondary N) is 1. The van der Waals surface area contributed by atoms with Gasteiger partial charge in [-0.25, -0.2) is 8.42 Å². The molecule has 0 bridgehead atoms. The van der Waals surface area contributed by atoms with Crippen molar-refractivity contribution >= 4 is 38.9 Å². The summed E-state index contributed by atoms with van der Waals surface area (Å²) in [6.07, 6.45) is -4.64. The Labute approximate surface area is 141 Å². The average molecular weight is 384 g/mol. The molecule has 0 aliphatic rings. The summed E-state index contributed by atoms with van der Waals surface area (Å²) in [5, 5.41) is -0.888. The van der Waals surface area contributed by atoms with Crippen molar-refractivity contribution in [2.45, 2.75) is 18.0 Å². The van der Waals surface area contributed by atoms with Gasteiger partial charge in [-0.15, -0.1) is 0 Å². The molecule has 3 nitrogen and oxygen atoms in total. The van der Waals surface area contributed by atoms with Gasteiger partial charge in [-0.2, -0.15) is 13.2 Å². The van der Waals surface area contributed by atoms with E-state index in [1.165, 1.54) is 12.1 Å². The lowest BCUT2D eigenvalue weighted by molar-refractivity contribution is -0.137. The Kier molecular flexibility index (Phi) is 4.84. The highest BCUT2D eigenvalue weighted by Crippen LogP contribution is 2.39. The molecule has 2 rings (SSSR count). The van der Waals surface area contributed by atoms with Crippen LogP contribution in [0.15, 0.2) is 41.3 Å². The molecule has 0 amide bonds. The quantitative estimate of drug-likeness (QED) is 0.799. The van der Waals surface area contributed by atoms with E-state index < -0.39 is 31.8 Å². The first-order chi connectivity index (χ1) is 10.5. The van der Waals surface area contributed by atoms with Crippen molar-refractivity contribution in [2.24, 2.45) is 0 Å². The molecular formula is C14H10Cl2F3NO2S. The summed E-state index contributed by atoms with van der Waals surface area (Å²) in [5.41, 5.74) is -0.512. The number of hydrogen-bond donors (Lipinski definition) is 1. The molecule has 0 aliphatic heterocycles. The van der Waals surface area contributed by atoms with E-state index in [0.29, 0.717) is 12.1 Å². The zero-order valence-corrected chi connectivity index (χ0v) is 13.9. The smallest absolute Gasteiger partial charge is 0.277 e. The second-order valence-corrected chi connectivity index (χ2v) is 7.23. The standard InChI is InChI=1S/C14H10Cl2F3NO2S/c1-8-2-4-10(5-3-8)23(21,22)20-13-11(15)6-9(7-12(13)16)14(17,18)19/h2-7,20H,1H3. The van der Waals surface area contributed by atoms with Crippen LogP contribution in [0.3, 0.4) is 0 Å². The third-order valence-corrected chi connectivity index (χ3v) is 4.90. The highest BCUT2D eigenvalue weighted by molar-refractivity contribution is 7.92. The molecule has 0 radical (unpaired) electrons. The molecule has 23 heavy (non-hydrogen) atoms. The fourth-order valence-electron chi connectivity index (χ4n) is 1.75. The van der Waals surface area contributed by atoms with Crippen LogP contribution >= 0.6 is 23.2 Å². The molecule has 2 aromatic rings.